The number of aliphatic hydroxyl groups is 1. The molecule has 1 aliphatic rings. The molecular weight excluding hydrogens is 222 g/mol. The van der Waals surface area contributed by atoms with Gasteiger partial charge in [-0.2, -0.15) is 0 Å². The largest absolute Gasteiger partial charge is 0.387 e. The molecule has 2 heteroatoms. The highest BCUT2D eigenvalue weighted by Gasteiger charge is 2.21. The van der Waals surface area contributed by atoms with Gasteiger partial charge < -0.3 is 10.4 Å². The first-order chi connectivity index (χ1) is 8.66. The third-order valence-corrected chi connectivity index (χ3v) is 4.00. The average molecular weight is 247 g/mol. The predicted octanol–water partition coefficient (Wildman–Crippen LogP) is 3.34. The van der Waals surface area contributed by atoms with E-state index in [2.05, 4.69) is 31.3 Å². The minimum atomic E-state index is -0.410. The molecule has 1 aromatic rings. The van der Waals surface area contributed by atoms with Crippen molar-refractivity contribution in [1.82, 2.24) is 5.32 Å². The van der Waals surface area contributed by atoms with Gasteiger partial charge in [0, 0.05) is 12.1 Å². The molecule has 1 saturated carbocycles. The number of hydrogen-bond donors (Lipinski definition) is 2. The molecule has 0 bridgehead atoms. The second-order valence-corrected chi connectivity index (χ2v) is 5.65. The summed E-state index contributed by atoms with van der Waals surface area (Å²) in [6.45, 7) is 4.15. The van der Waals surface area contributed by atoms with Crippen LogP contribution in [-0.4, -0.2) is 17.2 Å². The van der Waals surface area contributed by atoms with E-state index in [-0.39, 0.29) is 6.04 Å². The smallest absolute Gasteiger partial charge is 0.0940 e. The van der Waals surface area contributed by atoms with Gasteiger partial charge in [-0.25, -0.2) is 0 Å². The van der Waals surface area contributed by atoms with Gasteiger partial charge >= 0.3 is 0 Å². The van der Waals surface area contributed by atoms with Crippen molar-refractivity contribution in [2.75, 3.05) is 0 Å². The van der Waals surface area contributed by atoms with Crippen molar-refractivity contribution < 1.29 is 5.11 Å². The van der Waals surface area contributed by atoms with Crippen LogP contribution in [0.4, 0.5) is 0 Å². The second kappa shape index (κ2) is 6.35. The van der Waals surface area contributed by atoms with E-state index in [4.69, 9.17) is 0 Å². The zero-order chi connectivity index (χ0) is 13.0. The zero-order valence-corrected chi connectivity index (χ0v) is 11.5. The number of rotatable bonds is 4. The average Bonchev–Trinajstić information content (AvgIpc) is 2.40. The van der Waals surface area contributed by atoms with Gasteiger partial charge in [0.25, 0.3) is 0 Å². The molecule has 1 fully saturated rings. The molecule has 2 unspecified atom stereocenters. The quantitative estimate of drug-likeness (QED) is 0.855. The van der Waals surface area contributed by atoms with Crippen molar-refractivity contribution in [1.29, 1.82) is 0 Å². The van der Waals surface area contributed by atoms with Crippen LogP contribution >= 0.6 is 0 Å². The first kappa shape index (κ1) is 13.6. The van der Waals surface area contributed by atoms with Gasteiger partial charge in [0.1, 0.15) is 0 Å². The van der Waals surface area contributed by atoms with Crippen molar-refractivity contribution >= 4 is 0 Å². The van der Waals surface area contributed by atoms with E-state index in [1.54, 1.807) is 0 Å². The van der Waals surface area contributed by atoms with Crippen LogP contribution in [0.2, 0.25) is 0 Å². The summed E-state index contributed by atoms with van der Waals surface area (Å²) in [6.07, 6.45) is 6.12. The third kappa shape index (κ3) is 3.56. The van der Waals surface area contributed by atoms with Crippen LogP contribution < -0.4 is 5.32 Å². The molecule has 0 aliphatic heterocycles. The monoisotopic (exact) mass is 247 g/mol. The van der Waals surface area contributed by atoms with Crippen molar-refractivity contribution in [3.63, 3.8) is 0 Å². The molecule has 2 rings (SSSR count). The van der Waals surface area contributed by atoms with E-state index >= 15 is 0 Å². The maximum atomic E-state index is 10.3. The number of hydrogen-bond acceptors (Lipinski definition) is 2. The van der Waals surface area contributed by atoms with Gasteiger partial charge in [-0.3, -0.25) is 0 Å². The van der Waals surface area contributed by atoms with Gasteiger partial charge in [-0.15, -0.1) is 0 Å². The summed E-state index contributed by atoms with van der Waals surface area (Å²) in [4.78, 5) is 0. The Morgan fingerprint density at radius 3 is 2.33 bits per heavy atom. The molecule has 1 aliphatic carbocycles. The lowest BCUT2D eigenvalue weighted by molar-refractivity contribution is 0.125. The van der Waals surface area contributed by atoms with Gasteiger partial charge in [0.15, 0.2) is 0 Å². The molecule has 0 amide bonds. The summed E-state index contributed by atoms with van der Waals surface area (Å²) in [5, 5.41) is 13.9. The van der Waals surface area contributed by atoms with E-state index < -0.39 is 6.10 Å². The summed E-state index contributed by atoms with van der Waals surface area (Å²) in [5.74, 6) is 0. The summed E-state index contributed by atoms with van der Waals surface area (Å²) in [7, 11) is 0. The Balaban J connectivity index is 1.91. The molecular formula is C16H25NO. The Morgan fingerprint density at radius 2 is 1.72 bits per heavy atom. The highest BCUT2D eigenvalue weighted by Crippen LogP contribution is 2.22. The molecule has 100 valence electrons. The van der Waals surface area contributed by atoms with Crippen molar-refractivity contribution in [3.05, 3.63) is 35.4 Å². The third-order valence-electron chi connectivity index (χ3n) is 4.00. The summed E-state index contributed by atoms with van der Waals surface area (Å²) in [5.41, 5.74) is 2.25. The summed E-state index contributed by atoms with van der Waals surface area (Å²) < 4.78 is 0. The number of benzene rings is 1. The van der Waals surface area contributed by atoms with Gasteiger partial charge in [0.05, 0.1) is 6.10 Å². The van der Waals surface area contributed by atoms with Crippen LogP contribution in [0.1, 0.15) is 56.3 Å². The van der Waals surface area contributed by atoms with Crippen LogP contribution in [0, 0.1) is 6.92 Å². The SMILES string of the molecule is Cc1ccc(C(O)C(C)NC2CCCCC2)cc1. The molecule has 2 atom stereocenters. The standard InChI is InChI=1S/C16H25NO/c1-12-8-10-14(11-9-12)16(18)13(2)17-15-6-4-3-5-7-15/h8-11,13,15-18H,3-7H2,1-2H3. The highest BCUT2D eigenvalue weighted by atomic mass is 16.3. The fourth-order valence-electron chi connectivity index (χ4n) is 2.78. The highest BCUT2D eigenvalue weighted by molar-refractivity contribution is 5.23. The van der Waals surface area contributed by atoms with E-state index in [0.717, 1.165) is 5.56 Å². The van der Waals surface area contributed by atoms with Crippen LogP contribution in [0.5, 0.6) is 0 Å². The Labute approximate surface area is 110 Å². The van der Waals surface area contributed by atoms with E-state index in [0.29, 0.717) is 6.04 Å². The van der Waals surface area contributed by atoms with Crippen molar-refractivity contribution in [2.45, 2.75) is 64.1 Å². The number of aliphatic hydroxyl groups excluding tert-OH is 1. The molecule has 0 radical (unpaired) electrons. The van der Waals surface area contributed by atoms with E-state index in [1.807, 2.05) is 12.1 Å². The molecule has 2 nitrogen and oxygen atoms in total. The van der Waals surface area contributed by atoms with Crippen LogP contribution in [0.3, 0.4) is 0 Å². The number of nitrogens with one attached hydrogen (secondary N) is 1. The fourth-order valence-corrected chi connectivity index (χ4v) is 2.78. The Bertz CT molecular complexity index is 354. The first-order valence-electron chi connectivity index (χ1n) is 7.17. The van der Waals surface area contributed by atoms with Gasteiger partial charge in [-0.05, 0) is 32.3 Å². The Kier molecular flexibility index (Phi) is 4.79. The summed E-state index contributed by atoms with van der Waals surface area (Å²) >= 11 is 0. The Hall–Kier alpha value is -0.860. The zero-order valence-electron chi connectivity index (χ0n) is 11.5. The summed E-state index contributed by atoms with van der Waals surface area (Å²) in [6, 6.07) is 8.89. The van der Waals surface area contributed by atoms with Crippen LogP contribution in [-0.2, 0) is 0 Å². The minimum Gasteiger partial charge on any atom is -0.387 e. The van der Waals surface area contributed by atoms with Crippen molar-refractivity contribution in [3.8, 4) is 0 Å². The molecule has 0 heterocycles. The van der Waals surface area contributed by atoms with Crippen LogP contribution in [0.15, 0.2) is 24.3 Å². The fraction of sp³-hybridized carbons (Fsp3) is 0.625. The maximum absolute atomic E-state index is 10.3. The van der Waals surface area contributed by atoms with Crippen molar-refractivity contribution in [2.24, 2.45) is 0 Å². The lowest BCUT2D eigenvalue weighted by Gasteiger charge is -2.29. The van der Waals surface area contributed by atoms with Crippen LogP contribution in [0.25, 0.3) is 0 Å². The molecule has 0 spiro atoms. The maximum Gasteiger partial charge on any atom is 0.0940 e. The topological polar surface area (TPSA) is 32.3 Å². The lowest BCUT2D eigenvalue weighted by atomic mass is 9.93. The molecule has 2 N–H and O–H groups in total. The van der Waals surface area contributed by atoms with E-state index in [1.165, 1.54) is 37.7 Å². The van der Waals surface area contributed by atoms with E-state index in [9.17, 15) is 5.11 Å². The predicted molar refractivity (Wildman–Crippen MR) is 75.6 cm³/mol. The first-order valence-corrected chi connectivity index (χ1v) is 7.17. The Morgan fingerprint density at radius 1 is 1.11 bits per heavy atom. The molecule has 0 saturated heterocycles. The minimum absolute atomic E-state index is 0.121. The van der Waals surface area contributed by atoms with Gasteiger partial charge in [-0.1, -0.05) is 49.1 Å². The molecule has 18 heavy (non-hydrogen) atoms. The normalized spacial score (nSPS) is 20.6. The number of aryl methyl sites for hydroxylation is 1. The second-order valence-electron chi connectivity index (χ2n) is 5.65. The lowest BCUT2D eigenvalue weighted by Crippen LogP contribution is -2.41. The van der Waals surface area contributed by atoms with Gasteiger partial charge in [0.2, 0.25) is 0 Å². The molecule has 0 aromatic heterocycles. The molecule has 1 aromatic carbocycles.